The number of nitrogens with zero attached hydrogens (tertiary/aromatic N) is 1. The number of ether oxygens (including phenoxy) is 1. The minimum Gasteiger partial charge on any atom is -0.494 e. The summed E-state index contributed by atoms with van der Waals surface area (Å²) in [6.45, 7) is 10.7. The number of carboxylic acid groups (broad SMARTS) is 1. The van der Waals surface area contributed by atoms with Crippen molar-refractivity contribution in [3.8, 4) is 5.75 Å². The lowest BCUT2D eigenvalue weighted by Crippen LogP contribution is -2.14. The Morgan fingerprint density at radius 2 is 1.95 bits per heavy atom. The summed E-state index contributed by atoms with van der Waals surface area (Å²) in [6.07, 6.45) is 0. The molecule has 2 aromatic rings. The molecule has 0 bridgehead atoms. The first-order valence-electron chi connectivity index (χ1n) is 7.06. The van der Waals surface area contributed by atoms with Gasteiger partial charge in [0.25, 0.3) is 0 Å². The van der Waals surface area contributed by atoms with Crippen LogP contribution in [0.4, 0.5) is 0 Å². The van der Waals surface area contributed by atoms with Crippen molar-refractivity contribution in [1.29, 1.82) is 0 Å². The third kappa shape index (κ3) is 2.99. The Hall–Kier alpha value is -2.10. The molecule has 1 aromatic carbocycles. The molecule has 1 N–H and O–H groups in total. The van der Waals surface area contributed by atoms with Gasteiger partial charge in [-0.05, 0) is 48.6 Å². The molecule has 4 heteroatoms. The summed E-state index contributed by atoms with van der Waals surface area (Å²) in [7, 11) is 0. The Morgan fingerprint density at radius 1 is 1.29 bits per heavy atom. The number of carbonyl (C=O) groups is 1. The number of rotatable bonds is 3. The van der Waals surface area contributed by atoms with E-state index in [0.717, 1.165) is 27.8 Å². The second-order valence-electron chi connectivity index (χ2n) is 6.18. The van der Waals surface area contributed by atoms with Crippen LogP contribution in [0.25, 0.3) is 10.9 Å². The largest absolute Gasteiger partial charge is 0.494 e. The Bertz CT molecular complexity index is 699. The second kappa shape index (κ2) is 5.35. The van der Waals surface area contributed by atoms with Crippen LogP contribution in [-0.4, -0.2) is 22.7 Å². The van der Waals surface area contributed by atoms with Gasteiger partial charge in [-0.1, -0.05) is 20.8 Å². The second-order valence-corrected chi connectivity index (χ2v) is 6.18. The molecule has 112 valence electrons. The van der Waals surface area contributed by atoms with Crippen LogP contribution in [0, 0.1) is 6.92 Å². The summed E-state index contributed by atoms with van der Waals surface area (Å²) in [5.74, 6) is -0.211. The first-order valence-corrected chi connectivity index (χ1v) is 7.06. The highest BCUT2D eigenvalue weighted by Gasteiger charge is 2.21. The first kappa shape index (κ1) is 15.3. The Kier molecular flexibility index (Phi) is 3.90. The van der Waals surface area contributed by atoms with E-state index < -0.39 is 5.97 Å². The van der Waals surface area contributed by atoms with Crippen molar-refractivity contribution in [3.05, 3.63) is 35.0 Å². The molecule has 1 heterocycles. The number of aromatic carboxylic acids is 1. The molecule has 0 saturated carbocycles. The minimum atomic E-state index is -1.01. The Labute approximate surface area is 124 Å². The Morgan fingerprint density at radius 3 is 2.48 bits per heavy atom. The predicted molar refractivity (Wildman–Crippen MR) is 83.3 cm³/mol. The molecular weight excluding hydrogens is 266 g/mol. The molecule has 0 spiro atoms. The van der Waals surface area contributed by atoms with Crippen LogP contribution in [0.5, 0.6) is 5.75 Å². The maximum absolute atomic E-state index is 11.2. The van der Waals surface area contributed by atoms with Crippen LogP contribution in [0.3, 0.4) is 0 Å². The van der Waals surface area contributed by atoms with Crippen LogP contribution in [0.2, 0.25) is 0 Å². The molecule has 0 aliphatic rings. The van der Waals surface area contributed by atoms with E-state index >= 15 is 0 Å². The van der Waals surface area contributed by atoms with Crippen LogP contribution in [-0.2, 0) is 5.41 Å². The molecule has 0 amide bonds. The summed E-state index contributed by atoms with van der Waals surface area (Å²) in [4.78, 5) is 15.6. The highest BCUT2D eigenvalue weighted by atomic mass is 16.5. The van der Waals surface area contributed by atoms with Crippen molar-refractivity contribution in [2.24, 2.45) is 0 Å². The number of pyridine rings is 1. The van der Waals surface area contributed by atoms with E-state index in [0.29, 0.717) is 6.61 Å². The SMILES string of the molecule is CCOc1cc(C(C)(C)C)c2nc(C(=O)O)cc(C)c2c1. The molecule has 2 rings (SSSR count). The van der Waals surface area contributed by atoms with E-state index in [1.165, 1.54) is 0 Å². The average molecular weight is 287 g/mol. The highest BCUT2D eigenvalue weighted by molar-refractivity contribution is 5.93. The normalized spacial score (nSPS) is 11.7. The third-order valence-electron chi connectivity index (χ3n) is 3.43. The van der Waals surface area contributed by atoms with Gasteiger partial charge in [0, 0.05) is 5.39 Å². The summed E-state index contributed by atoms with van der Waals surface area (Å²) in [5.41, 5.74) is 2.55. The highest BCUT2D eigenvalue weighted by Crippen LogP contribution is 2.34. The zero-order chi connectivity index (χ0) is 15.8. The number of fused-ring (bicyclic) bond motifs is 1. The predicted octanol–water partition coefficient (Wildman–Crippen LogP) is 3.94. The van der Waals surface area contributed by atoms with Crippen molar-refractivity contribution in [2.75, 3.05) is 6.61 Å². The molecule has 1 aromatic heterocycles. The molecule has 0 fully saturated rings. The number of carboxylic acids is 1. The lowest BCUT2D eigenvalue weighted by molar-refractivity contribution is 0.0691. The molecule has 0 unspecified atom stereocenters. The van der Waals surface area contributed by atoms with Crippen LogP contribution >= 0.6 is 0 Å². The fourth-order valence-corrected chi connectivity index (χ4v) is 2.40. The molecule has 0 aliphatic heterocycles. The van der Waals surface area contributed by atoms with E-state index in [1.807, 2.05) is 26.0 Å². The van der Waals surface area contributed by atoms with Crippen molar-refractivity contribution in [1.82, 2.24) is 4.98 Å². The summed E-state index contributed by atoms with van der Waals surface area (Å²) in [6, 6.07) is 5.50. The standard InChI is InChI=1S/C17H21NO3/c1-6-21-11-8-12-10(2)7-14(16(19)20)18-15(12)13(9-11)17(3,4)5/h7-9H,6H2,1-5H3,(H,19,20). The number of hydrogen-bond acceptors (Lipinski definition) is 3. The van der Waals surface area contributed by atoms with Gasteiger partial charge in [0.05, 0.1) is 12.1 Å². The zero-order valence-electron chi connectivity index (χ0n) is 13.2. The van der Waals surface area contributed by atoms with Gasteiger partial charge in [0.15, 0.2) is 0 Å². The van der Waals surface area contributed by atoms with Gasteiger partial charge in [0.1, 0.15) is 11.4 Å². The van der Waals surface area contributed by atoms with Gasteiger partial charge >= 0.3 is 5.97 Å². The average Bonchev–Trinajstić information content (AvgIpc) is 2.37. The Balaban J connectivity index is 2.85. The number of hydrogen-bond donors (Lipinski definition) is 1. The van der Waals surface area contributed by atoms with E-state index in [1.54, 1.807) is 6.07 Å². The fraction of sp³-hybridized carbons (Fsp3) is 0.412. The lowest BCUT2D eigenvalue weighted by Gasteiger charge is -2.22. The van der Waals surface area contributed by atoms with Gasteiger partial charge in [-0.2, -0.15) is 0 Å². The van der Waals surface area contributed by atoms with Gasteiger partial charge in [-0.15, -0.1) is 0 Å². The van der Waals surface area contributed by atoms with Gasteiger partial charge < -0.3 is 9.84 Å². The molecular formula is C17H21NO3. The molecule has 0 radical (unpaired) electrons. The van der Waals surface area contributed by atoms with Crippen molar-refractivity contribution in [2.45, 2.75) is 40.0 Å². The monoisotopic (exact) mass is 287 g/mol. The number of benzene rings is 1. The summed E-state index contributed by atoms with van der Waals surface area (Å²) in [5, 5.41) is 10.2. The number of aryl methyl sites for hydroxylation is 1. The quantitative estimate of drug-likeness (QED) is 0.929. The first-order chi connectivity index (χ1) is 9.74. The van der Waals surface area contributed by atoms with Crippen LogP contribution in [0.15, 0.2) is 18.2 Å². The zero-order valence-corrected chi connectivity index (χ0v) is 13.2. The fourth-order valence-electron chi connectivity index (χ4n) is 2.40. The summed E-state index contributed by atoms with van der Waals surface area (Å²) < 4.78 is 5.64. The maximum atomic E-state index is 11.2. The molecule has 0 aliphatic carbocycles. The van der Waals surface area contributed by atoms with Gasteiger partial charge in [-0.25, -0.2) is 9.78 Å². The topological polar surface area (TPSA) is 59.4 Å². The molecule has 4 nitrogen and oxygen atoms in total. The van der Waals surface area contributed by atoms with Crippen LogP contribution < -0.4 is 4.74 Å². The summed E-state index contributed by atoms with van der Waals surface area (Å²) >= 11 is 0. The van der Waals surface area contributed by atoms with E-state index in [-0.39, 0.29) is 11.1 Å². The van der Waals surface area contributed by atoms with E-state index in [9.17, 15) is 9.90 Å². The molecule has 0 saturated heterocycles. The lowest BCUT2D eigenvalue weighted by atomic mass is 9.84. The third-order valence-corrected chi connectivity index (χ3v) is 3.43. The van der Waals surface area contributed by atoms with Crippen LogP contribution in [0.1, 0.15) is 49.3 Å². The number of aromatic nitrogens is 1. The van der Waals surface area contributed by atoms with Crippen molar-refractivity contribution < 1.29 is 14.6 Å². The van der Waals surface area contributed by atoms with E-state index in [2.05, 4.69) is 25.8 Å². The van der Waals surface area contributed by atoms with Gasteiger partial charge in [-0.3, -0.25) is 0 Å². The molecule has 0 atom stereocenters. The molecule has 21 heavy (non-hydrogen) atoms. The van der Waals surface area contributed by atoms with E-state index in [4.69, 9.17) is 4.74 Å². The van der Waals surface area contributed by atoms with Crippen molar-refractivity contribution in [3.63, 3.8) is 0 Å². The maximum Gasteiger partial charge on any atom is 0.354 e. The minimum absolute atomic E-state index is 0.0784. The van der Waals surface area contributed by atoms with Gasteiger partial charge in [0.2, 0.25) is 0 Å². The smallest absolute Gasteiger partial charge is 0.354 e. The van der Waals surface area contributed by atoms with Crippen molar-refractivity contribution >= 4 is 16.9 Å².